The van der Waals surface area contributed by atoms with Gasteiger partial charge in [0.05, 0.1) is 12.2 Å². The Kier molecular flexibility index (Phi) is 5.64. The molecule has 0 aliphatic rings. The Morgan fingerprint density at radius 3 is 2.20 bits per heavy atom. The lowest BCUT2D eigenvalue weighted by atomic mass is 10.1. The molecule has 0 aromatic carbocycles. The first-order chi connectivity index (χ1) is 4.68. The summed E-state index contributed by atoms with van der Waals surface area (Å²) in [7, 11) is 0. The van der Waals surface area contributed by atoms with E-state index in [1.54, 1.807) is 6.92 Å². The Balaban J connectivity index is 3.13. The van der Waals surface area contributed by atoms with Gasteiger partial charge in [-0.1, -0.05) is 26.2 Å². The van der Waals surface area contributed by atoms with E-state index < -0.39 is 12.2 Å². The summed E-state index contributed by atoms with van der Waals surface area (Å²) >= 11 is 0. The monoisotopic (exact) mass is 146 g/mol. The Morgan fingerprint density at radius 2 is 1.80 bits per heavy atom. The van der Waals surface area contributed by atoms with Gasteiger partial charge in [-0.05, 0) is 13.3 Å². The summed E-state index contributed by atoms with van der Waals surface area (Å²) in [5.74, 6) is 0. The lowest BCUT2D eigenvalue weighted by Gasteiger charge is -2.12. The van der Waals surface area contributed by atoms with Gasteiger partial charge >= 0.3 is 0 Å². The van der Waals surface area contributed by atoms with Crippen molar-refractivity contribution in [3.8, 4) is 0 Å². The fraction of sp³-hybridized carbons (Fsp3) is 1.00. The second-order valence-electron chi connectivity index (χ2n) is 2.80. The van der Waals surface area contributed by atoms with Crippen LogP contribution in [0, 0.1) is 0 Å². The first-order valence-corrected chi connectivity index (χ1v) is 4.04. The maximum atomic E-state index is 9.10. The highest BCUT2D eigenvalue weighted by Crippen LogP contribution is 2.05. The molecular weight excluding hydrogens is 128 g/mol. The Morgan fingerprint density at radius 1 is 1.20 bits per heavy atom. The van der Waals surface area contributed by atoms with Gasteiger partial charge in [0.2, 0.25) is 0 Å². The number of aliphatic hydroxyl groups excluding tert-OH is 2. The van der Waals surface area contributed by atoms with Crippen LogP contribution < -0.4 is 0 Å². The molecule has 2 nitrogen and oxygen atoms in total. The van der Waals surface area contributed by atoms with Crippen LogP contribution in [0.4, 0.5) is 0 Å². The van der Waals surface area contributed by atoms with Crippen molar-refractivity contribution in [1.82, 2.24) is 0 Å². The Hall–Kier alpha value is -0.0800. The molecule has 10 heavy (non-hydrogen) atoms. The number of aliphatic hydroxyl groups is 2. The highest BCUT2D eigenvalue weighted by molar-refractivity contribution is 4.60. The van der Waals surface area contributed by atoms with Crippen LogP contribution in [0.15, 0.2) is 0 Å². The molecule has 0 bridgehead atoms. The molecule has 0 aromatic heterocycles. The maximum absolute atomic E-state index is 9.10. The first kappa shape index (κ1) is 9.92. The lowest BCUT2D eigenvalue weighted by molar-refractivity contribution is 0.0247. The molecule has 0 radical (unpaired) electrons. The van der Waals surface area contributed by atoms with Crippen molar-refractivity contribution < 1.29 is 10.2 Å². The van der Waals surface area contributed by atoms with E-state index in [4.69, 9.17) is 10.2 Å². The van der Waals surface area contributed by atoms with Crippen molar-refractivity contribution in [2.45, 2.75) is 51.7 Å². The smallest absolute Gasteiger partial charge is 0.0796 e. The first-order valence-electron chi connectivity index (χ1n) is 4.04. The van der Waals surface area contributed by atoms with E-state index in [1.165, 1.54) is 0 Å². The summed E-state index contributed by atoms with van der Waals surface area (Å²) in [6.45, 7) is 3.74. The van der Waals surface area contributed by atoms with Crippen LogP contribution in [0.25, 0.3) is 0 Å². The summed E-state index contributed by atoms with van der Waals surface area (Å²) in [5, 5.41) is 18.0. The standard InChI is InChI=1S/C8H18O2/c1-3-4-5-6-8(10)7(2)9/h7-10H,3-6H2,1-2H3/t7-,8-/m1/s1. The molecule has 0 rings (SSSR count). The predicted octanol–water partition coefficient (Wildman–Crippen LogP) is 1.31. The molecule has 0 aliphatic carbocycles. The fourth-order valence-electron chi connectivity index (χ4n) is 0.845. The van der Waals surface area contributed by atoms with Gasteiger partial charge < -0.3 is 10.2 Å². The van der Waals surface area contributed by atoms with Crippen LogP contribution in [0.5, 0.6) is 0 Å². The van der Waals surface area contributed by atoms with Crippen LogP contribution in [0.2, 0.25) is 0 Å². The van der Waals surface area contributed by atoms with Crippen LogP contribution >= 0.6 is 0 Å². The van der Waals surface area contributed by atoms with Gasteiger partial charge in [0.25, 0.3) is 0 Å². The van der Waals surface area contributed by atoms with Crippen molar-refractivity contribution in [1.29, 1.82) is 0 Å². The molecule has 0 amide bonds. The van der Waals surface area contributed by atoms with Gasteiger partial charge in [-0.25, -0.2) is 0 Å². The van der Waals surface area contributed by atoms with Crippen LogP contribution in [0.3, 0.4) is 0 Å². The zero-order valence-corrected chi connectivity index (χ0v) is 6.88. The molecule has 0 fully saturated rings. The second-order valence-corrected chi connectivity index (χ2v) is 2.80. The van der Waals surface area contributed by atoms with E-state index >= 15 is 0 Å². The topological polar surface area (TPSA) is 40.5 Å². The average molecular weight is 146 g/mol. The minimum atomic E-state index is -0.572. The number of hydrogen-bond donors (Lipinski definition) is 2. The minimum Gasteiger partial charge on any atom is -0.391 e. The highest BCUT2D eigenvalue weighted by Gasteiger charge is 2.08. The van der Waals surface area contributed by atoms with E-state index in [1.807, 2.05) is 0 Å². The van der Waals surface area contributed by atoms with Crippen LogP contribution in [0.1, 0.15) is 39.5 Å². The van der Waals surface area contributed by atoms with Gasteiger partial charge in [-0.2, -0.15) is 0 Å². The molecule has 0 aromatic rings. The third-order valence-corrected chi connectivity index (χ3v) is 1.66. The van der Waals surface area contributed by atoms with E-state index in [-0.39, 0.29) is 0 Å². The molecule has 0 saturated heterocycles. The quantitative estimate of drug-likeness (QED) is 0.574. The largest absolute Gasteiger partial charge is 0.391 e. The predicted molar refractivity (Wildman–Crippen MR) is 41.8 cm³/mol. The zero-order valence-electron chi connectivity index (χ0n) is 6.88. The van der Waals surface area contributed by atoms with Gasteiger partial charge in [0.15, 0.2) is 0 Å². The van der Waals surface area contributed by atoms with E-state index in [0.29, 0.717) is 0 Å². The normalized spacial score (nSPS) is 16.8. The molecule has 2 atom stereocenters. The summed E-state index contributed by atoms with van der Waals surface area (Å²) in [6, 6.07) is 0. The second kappa shape index (κ2) is 5.69. The third kappa shape index (κ3) is 4.77. The molecule has 0 heterocycles. The van der Waals surface area contributed by atoms with Gasteiger partial charge in [0.1, 0.15) is 0 Å². The molecule has 2 heteroatoms. The van der Waals surface area contributed by atoms with Crippen molar-refractivity contribution in [3.63, 3.8) is 0 Å². The maximum Gasteiger partial charge on any atom is 0.0796 e. The van der Waals surface area contributed by atoms with Gasteiger partial charge in [0, 0.05) is 0 Å². The molecule has 0 spiro atoms. The van der Waals surface area contributed by atoms with E-state index in [0.717, 1.165) is 25.7 Å². The molecule has 62 valence electrons. The van der Waals surface area contributed by atoms with Crippen molar-refractivity contribution in [2.75, 3.05) is 0 Å². The Bertz CT molecular complexity index is 71.7. The van der Waals surface area contributed by atoms with E-state index in [9.17, 15) is 0 Å². The number of hydrogen-bond acceptors (Lipinski definition) is 2. The van der Waals surface area contributed by atoms with Crippen LogP contribution in [-0.2, 0) is 0 Å². The Labute approximate surface area is 62.9 Å². The van der Waals surface area contributed by atoms with Crippen molar-refractivity contribution in [3.05, 3.63) is 0 Å². The van der Waals surface area contributed by atoms with Crippen LogP contribution in [-0.4, -0.2) is 22.4 Å². The summed E-state index contributed by atoms with van der Waals surface area (Å²) in [4.78, 5) is 0. The summed E-state index contributed by atoms with van der Waals surface area (Å²) < 4.78 is 0. The van der Waals surface area contributed by atoms with Crippen molar-refractivity contribution >= 4 is 0 Å². The zero-order chi connectivity index (χ0) is 7.98. The summed E-state index contributed by atoms with van der Waals surface area (Å²) in [5.41, 5.74) is 0. The van der Waals surface area contributed by atoms with E-state index in [2.05, 4.69) is 6.92 Å². The SMILES string of the molecule is CCCCC[C@@H](O)[C@@H](C)O. The fourth-order valence-corrected chi connectivity index (χ4v) is 0.845. The third-order valence-electron chi connectivity index (χ3n) is 1.66. The lowest BCUT2D eigenvalue weighted by Crippen LogP contribution is -2.21. The number of unbranched alkanes of at least 4 members (excludes halogenated alkanes) is 2. The minimum absolute atomic E-state index is 0.522. The molecule has 0 unspecified atom stereocenters. The van der Waals surface area contributed by atoms with Gasteiger partial charge in [-0.3, -0.25) is 0 Å². The summed E-state index contributed by atoms with van der Waals surface area (Å²) in [6.07, 6.45) is 2.95. The van der Waals surface area contributed by atoms with Crippen molar-refractivity contribution in [2.24, 2.45) is 0 Å². The van der Waals surface area contributed by atoms with Gasteiger partial charge in [-0.15, -0.1) is 0 Å². The molecular formula is C8H18O2. The molecule has 0 aliphatic heterocycles. The molecule has 2 N–H and O–H groups in total. The average Bonchev–Trinajstić information content (AvgIpc) is 1.88. The highest BCUT2D eigenvalue weighted by atomic mass is 16.3. The molecule has 0 saturated carbocycles. The number of rotatable bonds is 5.